The van der Waals surface area contributed by atoms with Crippen molar-refractivity contribution in [2.45, 2.75) is 13.0 Å². The normalized spacial score (nSPS) is 17.4. The molecule has 0 saturated carbocycles. The molecule has 0 aromatic heterocycles. The Hall–Kier alpha value is -4.32. The van der Waals surface area contributed by atoms with Gasteiger partial charge in [0, 0.05) is 11.6 Å². The molecule has 0 fully saturated rings. The second kappa shape index (κ2) is 8.31. The SMILES string of the molecule is COc1ccc(C(=O)Oc2ccc3c(c2)O/C(=C\C2=Cc4ccccc4O[C@@H]2C)C3=O)cc1. The number of fused-ring (bicyclic) bond motifs is 2. The number of methoxy groups -OCH3 is 1. The Morgan fingerprint density at radius 3 is 2.52 bits per heavy atom. The summed E-state index contributed by atoms with van der Waals surface area (Å²) < 4.78 is 22.3. The highest BCUT2D eigenvalue weighted by molar-refractivity contribution is 6.12. The van der Waals surface area contributed by atoms with E-state index in [1.807, 2.05) is 37.3 Å². The van der Waals surface area contributed by atoms with Crippen LogP contribution in [-0.2, 0) is 0 Å². The number of ketones is 1. The third kappa shape index (κ3) is 3.99. The minimum absolute atomic E-state index is 0.199. The van der Waals surface area contributed by atoms with Gasteiger partial charge in [0.05, 0.1) is 18.2 Å². The van der Waals surface area contributed by atoms with Gasteiger partial charge in [0.25, 0.3) is 0 Å². The van der Waals surface area contributed by atoms with Gasteiger partial charge in [-0.3, -0.25) is 4.79 Å². The number of hydrogen-bond acceptors (Lipinski definition) is 6. The van der Waals surface area contributed by atoms with Crippen LogP contribution in [0.5, 0.6) is 23.0 Å². The van der Waals surface area contributed by atoms with Crippen LogP contribution in [0.2, 0.25) is 0 Å². The van der Waals surface area contributed by atoms with E-state index in [0.29, 0.717) is 22.6 Å². The number of Topliss-reactive ketones (excluding diaryl/α,β-unsaturated/α-hetero) is 1. The summed E-state index contributed by atoms with van der Waals surface area (Å²) in [5.41, 5.74) is 2.57. The van der Waals surface area contributed by atoms with E-state index in [4.69, 9.17) is 18.9 Å². The van der Waals surface area contributed by atoms with Crippen molar-refractivity contribution in [2.24, 2.45) is 0 Å². The zero-order chi connectivity index (χ0) is 22.9. The summed E-state index contributed by atoms with van der Waals surface area (Å²) in [6, 6.07) is 19.0. The minimum Gasteiger partial charge on any atom is -0.497 e. The predicted octanol–water partition coefficient (Wildman–Crippen LogP) is 5.24. The number of rotatable bonds is 4. The Balaban J connectivity index is 1.36. The monoisotopic (exact) mass is 440 g/mol. The average molecular weight is 440 g/mol. The van der Waals surface area contributed by atoms with Gasteiger partial charge in [-0.25, -0.2) is 4.79 Å². The van der Waals surface area contributed by atoms with Gasteiger partial charge < -0.3 is 18.9 Å². The van der Waals surface area contributed by atoms with Gasteiger partial charge in [-0.2, -0.15) is 0 Å². The maximum atomic E-state index is 12.9. The lowest BCUT2D eigenvalue weighted by Gasteiger charge is -2.22. The van der Waals surface area contributed by atoms with Crippen molar-refractivity contribution in [3.8, 4) is 23.0 Å². The standard InChI is InChI=1S/C27H20O6/c1-16-19(13-18-5-3-4-6-23(18)31-16)14-25-26(28)22-12-11-21(15-24(22)33-25)32-27(29)17-7-9-20(30-2)10-8-17/h3-16H,1-2H3/b25-14-/t16-/m1/s1. The van der Waals surface area contributed by atoms with E-state index in [1.165, 1.54) is 0 Å². The van der Waals surface area contributed by atoms with Crippen molar-refractivity contribution in [1.29, 1.82) is 0 Å². The van der Waals surface area contributed by atoms with E-state index in [2.05, 4.69) is 0 Å². The molecular formula is C27H20O6. The van der Waals surface area contributed by atoms with Gasteiger partial charge in [0.1, 0.15) is 29.1 Å². The Morgan fingerprint density at radius 2 is 1.73 bits per heavy atom. The lowest BCUT2D eigenvalue weighted by Crippen LogP contribution is -2.18. The fourth-order valence-electron chi connectivity index (χ4n) is 3.70. The van der Waals surface area contributed by atoms with Gasteiger partial charge in [-0.15, -0.1) is 0 Å². The summed E-state index contributed by atoms with van der Waals surface area (Å²) in [5.74, 6) is 1.52. The molecule has 3 aromatic carbocycles. The summed E-state index contributed by atoms with van der Waals surface area (Å²) in [7, 11) is 1.55. The molecule has 33 heavy (non-hydrogen) atoms. The van der Waals surface area contributed by atoms with Crippen molar-refractivity contribution < 1.29 is 28.5 Å². The average Bonchev–Trinajstić information content (AvgIpc) is 3.14. The summed E-state index contributed by atoms with van der Waals surface area (Å²) in [5, 5.41) is 0. The second-order valence-corrected chi connectivity index (χ2v) is 7.66. The highest BCUT2D eigenvalue weighted by Crippen LogP contribution is 2.36. The first-order chi connectivity index (χ1) is 16.0. The third-order valence-corrected chi connectivity index (χ3v) is 5.49. The molecule has 6 nitrogen and oxygen atoms in total. The lowest BCUT2D eigenvalue weighted by atomic mass is 10.0. The molecule has 0 aliphatic carbocycles. The fourth-order valence-corrected chi connectivity index (χ4v) is 3.70. The van der Waals surface area contributed by atoms with E-state index in [0.717, 1.165) is 16.9 Å². The zero-order valence-electron chi connectivity index (χ0n) is 18.0. The van der Waals surface area contributed by atoms with E-state index in [9.17, 15) is 9.59 Å². The number of allylic oxidation sites excluding steroid dienone is 1. The number of hydrogen-bond donors (Lipinski definition) is 0. The maximum Gasteiger partial charge on any atom is 0.343 e. The fraction of sp³-hybridized carbons (Fsp3) is 0.111. The van der Waals surface area contributed by atoms with Crippen LogP contribution in [0.3, 0.4) is 0 Å². The molecule has 0 N–H and O–H groups in total. The summed E-state index contributed by atoms with van der Waals surface area (Å²) in [6.07, 6.45) is 3.46. The molecule has 0 bridgehead atoms. The molecule has 2 aliphatic rings. The maximum absolute atomic E-state index is 12.9. The van der Waals surface area contributed by atoms with Gasteiger partial charge in [0.15, 0.2) is 5.76 Å². The largest absolute Gasteiger partial charge is 0.497 e. The van der Waals surface area contributed by atoms with Gasteiger partial charge in [0.2, 0.25) is 5.78 Å². The summed E-state index contributed by atoms with van der Waals surface area (Å²) >= 11 is 0. The third-order valence-electron chi connectivity index (χ3n) is 5.49. The molecule has 2 heterocycles. The van der Waals surface area contributed by atoms with E-state index >= 15 is 0 Å². The highest BCUT2D eigenvalue weighted by atomic mass is 16.5. The minimum atomic E-state index is -0.519. The Kier molecular flexibility index (Phi) is 5.18. The van der Waals surface area contributed by atoms with Crippen LogP contribution >= 0.6 is 0 Å². The molecular weight excluding hydrogens is 420 g/mol. The van der Waals surface area contributed by atoms with Crippen LogP contribution in [-0.4, -0.2) is 25.0 Å². The number of benzene rings is 3. The first-order valence-corrected chi connectivity index (χ1v) is 10.4. The van der Waals surface area contributed by atoms with Crippen LogP contribution in [0.1, 0.15) is 33.2 Å². The molecule has 0 radical (unpaired) electrons. The number of carbonyl (C=O) groups is 2. The van der Waals surface area contributed by atoms with Gasteiger partial charge >= 0.3 is 5.97 Å². The highest BCUT2D eigenvalue weighted by Gasteiger charge is 2.29. The first kappa shape index (κ1) is 20.6. The molecule has 3 aromatic rings. The molecule has 0 saturated heterocycles. The van der Waals surface area contributed by atoms with Crippen molar-refractivity contribution in [3.63, 3.8) is 0 Å². The topological polar surface area (TPSA) is 71.1 Å². The van der Waals surface area contributed by atoms with E-state index in [1.54, 1.807) is 55.7 Å². The Morgan fingerprint density at radius 1 is 0.970 bits per heavy atom. The molecule has 2 aliphatic heterocycles. The Bertz CT molecular complexity index is 1320. The molecule has 0 unspecified atom stereocenters. The van der Waals surface area contributed by atoms with Crippen LogP contribution < -0.4 is 18.9 Å². The molecule has 1 atom stereocenters. The molecule has 164 valence electrons. The summed E-state index contributed by atoms with van der Waals surface area (Å²) in [6.45, 7) is 1.92. The molecule has 6 heteroatoms. The van der Waals surface area contributed by atoms with E-state index < -0.39 is 5.97 Å². The smallest absolute Gasteiger partial charge is 0.343 e. The van der Waals surface area contributed by atoms with Crippen LogP contribution in [0.25, 0.3) is 6.08 Å². The molecule has 0 amide bonds. The number of ether oxygens (including phenoxy) is 4. The number of carbonyl (C=O) groups excluding carboxylic acids is 2. The van der Waals surface area contributed by atoms with Gasteiger partial charge in [-0.05, 0) is 67.1 Å². The van der Waals surface area contributed by atoms with Crippen LogP contribution in [0.15, 0.2) is 84.1 Å². The van der Waals surface area contributed by atoms with Crippen LogP contribution in [0.4, 0.5) is 0 Å². The van der Waals surface area contributed by atoms with Crippen molar-refractivity contribution in [2.75, 3.05) is 7.11 Å². The quantitative estimate of drug-likeness (QED) is 0.314. The van der Waals surface area contributed by atoms with Crippen molar-refractivity contribution >= 4 is 17.8 Å². The first-order valence-electron chi connectivity index (χ1n) is 10.4. The Labute approximate surface area is 190 Å². The van der Waals surface area contributed by atoms with Crippen molar-refractivity contribution in [1.82, 2.24) is 0 Å². The van der Waals surface area contributed by atoms with Crippen LogP contribution in [0, 0.1) is 0 Å². The number of para-hydroxylation sites is 1. The molecule has 0 spiro atoms. The molecule has 5 rings (SSSR count). The van der Waals surface area contributed by atoms with E-state index in [-0.39, 0.29) is 23.4 Å². The summed E-state index contributed by atoms with van der Waals surface area (Å²) in [4.78, 5) is 25.3. The van der Waals surface area contributed by atoms with Gasteiger partial charge in [-0.1, -0.05) is 18.2 Å². The predicted molar refractivity (Wildman–Crippen MR) is 122 cm³/mol. The lowest BCUT2D eigenvalue weighted by molar-refractivity contribution is 0.0734. The van der Waals surface area contributed by atoms with Crippen molar-refractivity contribution in [3.05, 3.63) is 101 Å². The second-order valence-electron chi connectivity index (χ2n) is 7.66. The zero-order valence-corrected chi connectivity index (χ0v) is 18.0. The number of esters is 1.